The number of rotatable bonds is 8. The third-order valence-electron chi connectivity index (χ3n) is 3.41. The van der Waals surface area contributed by atoms with Crippen molar-refractivity contribution in [1.29, 1.82) is 0 Å². The van der Waals surface area contributed by atoms with E-state index in [1.165, 1.54) is 12.8 Å². The summed E-state index contributed by atoms with van der Waals surface area (Å²) in [6.45, 7) is 4.72. The topological polar surface area (TPSA) is 50.2 Å². The van der Waals surface area contributed by atoms with Gasteiger partial charge in [-0.25, -0.2) is 4.68 Å². The van der Waals surface area contributed by atoms with Gasteiger partial charge in [0.05, 0.1) is 11.9 Å². The van der Waals surface area contributed by atoms with Crippen LogP contribution in [-0.4, -0.2) is 36.0 Å². The third kappa shape index (κ3) is 4.35. The molecule has 0 unspecified atom stereocenters. The highest BCUT2D eigenvalue weighted by molar-refractivity contribution is 5.41. The highest BCUT2D eigenvalue weighted by atomic mass is 16.1. The van der Waals surface area contributed by atoms with Gasteiger partial charge in [0, 0.05) is 32.2 Å². The van der Waals surface area contributed by atoms with Gasteiger partial charge in [0.15, 0.2) is 0 Å². The predicted octanol–water partition coefficient (Wildman–Crippen LogP) is 1.23. The van der Waals surface area contributed by atoms with Gasteiger partial charge in [-0.2, -0.15) is 5.10 Å². The molecule has 1 N–H and O–H groups in total. The largest absolute Gasteiger partial charge is 0.373 e. The van der Waals surface area contributed by atoms with E-state index < -0.39 is 0 Å². The minimum Gasteiger partial charge on any atom is -0.373 e. The summed E-state index contributed by atoms with van der Waals surface area (Å²) in [5, 5.41) is 7.69. The highest BCUT2D eigenvalue weighted by Crippen LogP contribution is 2.18. The summed E-state index contributed by atoms with van der Waals surface area (Å²) in [6.07, 6.45) is 6.40. The lowest BCUT2D eigenvalue weighted by Gasteiger charge is -2.17. The first kappa shape index (κ1) is 14.1. The summed E-state index contributed by atoms with van der Waals surface area (Å²) >= 11 is 0. The average Bonchev–Trinajstić information content (AvgIpc) is 3.20. The van der Waals surface area contributed by atoms with E-state index in [0.29, 0.717) is 6.54 Å². The molecule has 0 atom stereocenters. The van der Waals surface area contributed by atoms with E-state index in [1.807, 2.05) is 7.05 Å². The maximum Gasteiger partial charge on any atom is 0.268 e. The van der Waals surface area contributed by atoms with Crippen LogP contribution in [0, 0.1) is 0 Å². The lowest BCUT2D eigenvalue weighted by Crippen LogP contribution is -2.27. The summed E-state index contributed by atoms with van der Waals surface area (Å²) in [5.41, 5.74) is 0.895. The number of hydrogen-bond donors (Lipinski definition) is 1. The van der Waals surface area contributed by atoms with Gasteiger partial charge in [-0.15, -0.1) is 0 Å². The number of anilines is 1. The quantitative estimate of drug-likeness (QED) is 0.718. The van der Waals surface area contributed by atoms with Crippen molar-refractivity contribution in [2.45, 2.75) is 45.2 Å². The smallest absolute Gasteiger partial charge is 0.268 e. The molecule has 5 heteroatoms. The molecular weight excluding hydrogens is 240 g/mol. The Morgan fingerprint density at radius 3 is 2.95 bits per heavy atom. The van der Waals surface area contributed by atoms with Crippen molar-refractivity contribution in [3.63, 3.8) is 0 Å². The molecule has 0 spiro atoms. The fourth-order valence-electron chi connectivity index (χ4n) is 2.09. The van der Waals surface area contributed by atoms with E-state index in [9.17, 15) is 4.79 Å². The molecule has 0 radical (unpaired) electrons. The Balaban J connectivity index is 1.85. The Morgan fingerprint density at radius 2 is 2.32 bits per heavy atom. The predicted molar refractivity (Wildman–Crippen MR) is 77.7 cm³/mol. The van der Waals surface area contributed by atoms with Crippen molar-refractivity contribution in [3.05, 3.63) is 22.6 Å². The minimum absolute atomic E-state index is 0.00752. The number of aromatic nitrogens is 2. The molecule has 1 aliphatic rings. The monoisotopic (exact) mass is 264 g/mol. The van der Waals surface area contributed by atoms with Gasteiger partial charge in [0.2, 0.25) is 0 Å². The Bertz CT molecular complexity index is 453. The molecule has 0 bridgehead atoms. The Labute approximate surface area is 114 Å². The third-order valence-corrected chi connectivity index (χ3v) is 3.41. The van der Waals surface area contributed by atoms with Crippen LogP contribution in [-0.2, 0) is 6.54 Å². The molecule has 1 saturated carbocycles. The Hall–Kier alpha value is -1.36. The van der Waals surface area contributed by atoms with E-state index in [4.69, 9.17) is 0 Å². The molecule has 0 saturated heterocycles. The standard InChI is InChI=1S/C14H24N4O/c1-3-8-17(2)13-10-14(19)18(16-11-13)9-4-7-15-12-5-6-12/h10-12,15H,3-9H2,1-2H3. The summed E-state index contributed by atoms with van der Waals surface area (Å²) in [6, 6.07) is 2.41. The van der Waals surface area contributed by atoms with Crippen LogP contribution in [0.3, 0.4) is 0 Å². The van der Waals surface area contributed by atoms with Gasteiger partial charge in [-0.05, 0) is 32.2 Å². The molecule has 106 valence electrons. The molecule has 1 heterocycles. The zero-order chi connectivity index (χ0) is 13.7. The summed E-state index contributed by atoms with van der Waals surface area (Å²) < 4.78 is 1.55. The van der Waals surface area contributed by atoms with Gasteiger partial charge in [-0.3, -0.25) is 4.79 Å². The number of nitrogens with zero attached hydrogens (tertiary/aromatic N) is 3. The van der Waals surface area contributed by atoms with E-state index >= 15 is 0 Å². The molecule has 2 rings (SSSR count). The SMILES string of the molecule is CCCN(C)c1cnn(CCCNC2CC2)c(=O)c1. The molecule has 0 aliphatic heterocycles. The fraction of sp³-hybridized carbons (Fsp3) is 0.714. The molecule has 1 aromatic heterocycles. The van der Waals surface area contributed by atoms with Crippen molar-refractivity contribution < 1.29 is 0 Å². The first-order valence-corrected chi connectivity index (χ1v) is 7.22. The van der Waals surface area contributed by atoms with Crippen molar-refractivity contribution in [2.24, 2.45) is 0 Å². The van der Waals surface area contributed by atoms with E-state index in [-0.39, 0.29) is 5.56 Å². The van der Waals surface area contributed by atoms with Crippen molar-refractivity contribution in [1.82, 2.24) is 15.1 Å². The second kappa shape index (κ2) is 6.70. The molecule has 1 fully saturated rings. The molecule has 5 nitrogen and oxygen atoms in total. The van der Waals surface area contributed by atoms with Gasteiger partial charge in [0.1, 0.15) is 0 Å². The van der Waals surface area contributed by atoms with Crippen LogP contribution < -0.4 is 15.8 Å². The summed E-state index contributed by atoms with van der Waals surface area (Å²) in [5.74, 6) is 0. The van der Waals surface area contributed by atoms with Crippen LogP contribution in [0.4, 0.5) is 5.69 Å². The zero-order valence-corrected chi connectivity index (χ0v) is 11.9. The molecule has 19 heavy (non-hydrogen) atoms. The lowest BCUT2D eigenvalue weighted by atomic mass is 10.3. The average molecular weight is 264 g/mol. The second-order valence-corrected chi connectivity index (χ2v) is 5.28. The second-order valence-electron chi connectivity index (χ2n) is 5.28. The van der Waals surface area contributed by atoms with Crippen LogP contribution >= 0.6 is 0 Å². The maximum absolute atomic E-state index is 11.9. The number of hydrogen-bond acceptors (Lipinski definition) is 4. The van der Waals surface area contributed by atoms with E-state index in [2.05, 4.69) is 22.2 Å². The molecule has 0 aromatic carbocycles. The normalized spacial score (nSPS) is 14.6. The summed E-state index contributed by atoms with van der Waals surface area (Å²) in [4.78, 5) is 14.0. The molecule has 0 amide bonds. The minimum atomic E-state index is -0.00752. The van der Waals surface area contributed by atoms with Gasteiger partial charge in [0.25, 0.3) is 5.56 Å². The van der Waals surface area contributed by atoms with E-state index in [1.54, 1.807) is 16.9 Å². The lowest BCUT2D eigenvalue weighted by molar-refractivity contribution is 0.521. The Morgan fingerprint density at radius 1 is 1.53 bits per heavy atom. The van der Waals surface area contributed by atoms with Crippen LogP contribution in [0.5, 0.6) is 0 Å². The van der Waals surface area contributed by atoms with Crippen LogP contribution in [0.25, 0.3) is 0 Å². The van der Waals surface area contributed by atoms with Crippen molar-refractivity contribution in [2.75, 3.05) is 25.0 Å². The Kier molecular flexibility index (Phi) is 4.96. The number of nitrogens with one attached hydrogen (secondary N) is 1. The summed E-state index contributed by atoms with van der Waals surface area (Å²) in [7, 11) is 1.99. The van der Waals surface area contributed by atoms with Crippen LogP contribution in [0.2, 0.25) is 0 Å². The van der Waals surface area contributed by atoms with Gasteiger partial charge < -0.3 is 10.2 Å². The van der Waals surface area contributed by atoms with Crippen molar-refractivity contribution in [3.8, 4) is 0 Å². The first-order chi connectivity index (χ1) is 9.20. The van der Waals surface area contributed by atoms with Gasteiger partial charge >= 0.3 is 0 Å². The highest BCUT2D eigenvalue weighted by Gasteiger charge is 2.19. The number of aryl methyl sites for hydroxylation is 1. The van der Waals surface area contributed by atoms with Gasteiger partial charge in [-0.1, -0.05) is 6.92 Å². The maximum atomic E-state index is 11.9. The first-order valence-electron chi connectivity index (χ1n) is 7.22. The van der Waals surface area contributed by atoms with Crippen molar-refractivity contribution >= 4 is 5.69 Å². The van der Waals surface area contributed by atoms with E-state index in [0.717, 1.165) is 37.7 Å². The fourth-order valence-corrected chi connectivity index (χ4v) is 2.09. The zero-order valence-electron chi connectivity index (χ0n) is 11.9. The molecule has 1 aromatic rings. The molecular formula is C14H24N4O. The molecule has 1 aliphatic carbocycles. The van der Waals surface area contributed by atoms with Crippen LogP contribution in [0.1, 0.15) is 32.6 Å². The van der Waals surface area contributed by atoms with Crippen LogP contribution in [0.15, 0.2) is 17.1 Å².